The predicted octanol–water partition coefficient (Wildman–Crippen LogP) is 2.61. The van der Waals surface area contributed by atoms with E-state index in [1.54, 1.807) is 6.07 Å². The number of amides is 2. The molecule has 2 aliphatic heterocycles. The number of quaternary nitrogens is 1. The number of nitrogens with two attached hydrogens (primary N) is 2. The molecule has 0 radical (unpaired) electrons. The number of hydrogen-bond donors (Lipinski definition) is 4. The van der Waals surface area contributed by atoms with Crippen LogP contribution in [0.5, 0.6) is 0 Å². The molecule has 5 rings (SSSR count). The van der Waals surface area contributed by atoms with E-state index in [-0.39, 0.29) is 59.2 Å². The fourth-order valence-corrected chi connectivity index (χ4v) is 7.52. The Bertz CT molecular complexity index is 1000. The van der Waals surface area contributed by atoms with Gasteiger partial charge in [-0.3, -0.25) is 10.1 Å². The normalized spacial score (nSPS) is 31.2. The van der Waals surface area contributed by atoms with Gasteiger partial charge < -0.3 is 21.5 Å². The molecule has 6 N–H and O–H groups in total. The van der Waals surface area contributed by atoms with Crippen LogP contribution in [0.4, 0.5) is 5.82 Å². The standard InChI is InChI=1S/C28H44N6O3.2ClH/c1-19-21(9-10-25(29)33-19)18-34(12-5-8-22-15-28(22,34)27(30)36)26(35)24(14-20-6-3-2-4-7-20)32-17-23-16-31-11-13-37-23;;/h9-10,20,22-24,31-32H,2-8,11-18H2,1H3,(H3-,29,30,33,36);2*1H/p+1/t22-,23?,24-,28+,34?;;/m1../s1. The van der Waals surface area contributed by atoms with Crippen LogP contribution < -0.4 is 22.1 Å². The molecule has 220 valence electrons. The third-order valence-electron chi connectivity index (χ3n) is 9.62. The molecule has 0 bridgehead atoms. The largest absolute Gasteiger partial charge is 0.384 e. The average Bonchev–Trinajstić information content (AvgIpc) is 3.66. The van der Waals surface area contributed by atoms with Gasteiger partial charge in [0, 0.05) is 43.2 Å². The number of likely N-dealkylation sites (tertiary alicyclic amines) is 1. The van der Waals surface area contributed by atoms with E-state index in [9.17, 15) is 9.59 Å². The number of halogens is 2. The second-order valence-electron chi connectivity index (χ2n) is 11.9. The minimum absolute atomic E-state index is 0. The molecule has 2 amide bonds. The summed E-state index contributed by atoms with van der Waals surface area (Å²) in [5, 5.41) is 7.03. The maximum Gasteiger partial charge on any atom is 0.331 e. The molecule has 0 aromatic carbocycles. The number of ether oxygens (including phenoxy) is 1. The molecule has 39 heavy (non-hydrogen) atoms. The predicted molar refractivity (Wildman–Crippen MR) is 157 cm³/mol. The van der Waals surface area contributed by atoms with Crippen molar-refractivity contribution in [1.29, 1.82) is 0 Å². The molecule has 11 heteroatoms. The van der Waals surface area contributed by atoms with E-state index in [1.165, 1.54) is 19.3 Å². The molecule has 1 aromatic rings. The number of nitrogens with zero attached hydrogens (tertiary/aromatic N) is 2. The average molecular weight is 587 g/mol. The number of anilines is 1. The lowest BCUT2D eigenvalue weighted by molar-refractivity contribution is -0.900. The number of pyridine rings is 1. The van der Waals surface area contributed by atoms with Gasteiger partial charge in [-0.15, -0.1) is 24.8 Å². The molecule has 4 fully saturated rings. The maximum absolute atomic E-state index is 14.9. The number of fused-ring (bicyclic) bond motifs is 1. The number of hydrogen-bond acceptors (Lipinski definition) is 7. The third-order valence-corrected chi connectivity index (χ3v) is 9.62. The number of carbonyl (C=O) groups is 2. The first-order chi connectivity index (χ1) is 17.9. The van der Waals surface area contributed by atoms with Crippen molar-refractivity contribution in [2.24, 2.45) is 17.6 Å². The van der Waals surface area contributed by atoms with Crippen LogP contribution in [-0.4, -0.2) is 71.8 Å². The van der Waals surface area contributed by atoms with Gasteiger partial charge in [-0.05, 0) is 44.2 Å². The summed E-state index contributed by atoms with van der Waals surface area (Å²) in [5.74, 6) is 0.940. The third kappa shape index (κ3) is 6.39. The molecule has 4 aliphatic rings. The van der Waals surface area contributed by atoms with Gasteiger partial charge in [0.1, 0.15) is 18.4 Å². The van der Waals surface area contributed by atoms with E-state index in [2.05, 4.69) is 15.6 Å². The monoisotopic (exact) mass is 585 g/mol. The molecule has 2 unspecified atom stereocenters. The second-order valence-corrected chi connectivity index (χ2v) is 11.9. The quantitative estimate of drug-likeness (QED) is 0.327. The number of primary amides is 1. The lowest BCUT2D eigenvalue weighted by Gasteiger charge is -2.47. The second kappa shape index (κ2) is 13.4. The number of nitrogens with one attached hydrogen (secondary N) is 2. The van der Waals surface area contributed by atoms with E-state index in [1.807, 2.05) is 13.0 Å². The van der Waals surface area contributed by atoms with E-state index < -0.39 is 5.54 Å². The molecule has 2 saturated carbocycles. The highest BCUT2D eigenvalue weighted by atomic mass is 35.5. The summed E-state index contributed by atoms with van der Waals surface area (Å²) >= 11 is 0. The number of morpholine rings is 1. The summed E-state index contributed by atoms with van der Waals surface area (Å²) < 4.78 is 6.05. The van der Waals surface area contributed by atoms with Crippen LogP contribution in [0.15, 0.2) is 12.1 Å². The van der Waals surface area contributed by atoms with Crippen molar-refractivity contribution in [2.75, 3.05) is 38.5 Å². The van der Waals surface area contributed by atoms with Gasteiger partial charge in [-0.2, -0.15) is 0 Å². The lowest BCUT2D eigenvalue weighted by Crippen LogP contribution is -2.71. The van der Waals surface area contributed by atoms with Gasteiger partial charge in [-0.25, -0.2) is 14.3 Å². The van der Waals surface area contributed by atoms with Gasteiger partial charge in [0.25, 0.3) is 5.91 Å². The van der Waals surface area contributed by atoms with Gasteiger partial charge in [0.15, 0.2) is 5.54 Å². The zero-order chi connectivity index (χ0) is 26.0. The van der Waals surface area contributed by atoms with Crippen LogP contribution in [0.1, 0.15) is 69.0 Å². The van der Waals surface area contributed by atoms with Gasteiger partial charge >= 0.3 is 5.91 Å². The first kappa shape index (κ1) is 32.0. The van der Waals surface area contributed by atoms with Crippen molar-refractivity contribution in [1.82, 2.24) is 15.6 Å². The van der Waals surface area contributed by atoms with Crippen LogP contribution in [0.2, 0.25) is 0 Å². The fraction of sp³-hybridized carbons (Fsp3) is 0.750. The van der Waals surface area contributed by atoms with Crippen LogP contribution in [0.3, 0.4) is 0 Å². The molecule has 9 nitrogen and oxygen atoms in total. The van der Waals surface area contributed by atoms with Crippen molar-refractivity contribution in [3.63, 3.8) is 0 Å². The highest BCUT2D eigenvalue weighted by Crippen LogP contribution is 2.59. The Labute approximate surface area is 245 Å². The zero-order valence-corrected chi connectivity index (χ0v) is 24.8. The Morgan fingerprint density at radius 2 is 1.97 bits per heavy atom. The molecule has 0 spiro atoms. The Morgan fingerprint density at radius 1 is 1.21 bits per heavy atom. The number of nitrogen functional groups attached to an aromatic ring is 1. The molecule has 2 aliphatic carbocycles. The lowest BCUT2D eigenvalue weighted by atomic mass is 9.83. The van der Waals surface area contributed by atoms with Crippen molar-refractivity contribution in [3.05, 3.63) is 23.4 Å². The summed E-state index contributed by atoms with van der Waals surface area (Å²) in [6.45, 7) is 5.94. The van der Waals surface area contributed by atoms with Crippen molar-refractivity contribution < 1.29 is 18.8 Å². The van der Waals surface area contributed by atoms with Gasteiger partial charge in [-0.1, -0.05) is 32.1 Å². The topological polar surface area (TPSA) is 132 Å². The Kier molecular flexibility index (Phi) is 11.0. The number of aromatic nitrogens is 1. The summed E-state index contributed by atoms with van der Waals surface area (Å²) in [7, 11) is 0. The summed E-state index contributed by atoms with van der Waals surface area (Å²) in [6.07, 6.45) is 9.46. The Morgan fingerprint density at radius 3 is 2.64 bits per heavy atom. The SMILES string of the molecule is Cc1nc(N)ccc1C[N+]1(C(=O)[C@@H](CC2CCCCC2)NCC2CNCCO2)CCC[C@@H]2C[C@@]21C(N)=O.Cl.Cl. The number of rotatable bonds is 9. The van der Waals surface area contributed by atoms with Crippen LogP contribution in [-0.2, 0) is 20.9 Å². The van der Waals surface area contributed by atoms with Crippen molar-refractivity contribution >= 4 is 42.4 Å². The van der Waals surface area contributed by atoms with Crippen molar-refractivity contribution in [3.8, 4) is 0 Å². The summed E-state index contributed by atoms with van der Waals surface area (Å²) in [4.78, 5) is 32.5. The Hall–Kier alpha value is -1.49. The van der Waals surface area contributed by atoms with Crippen LogP contribution in [0.25, 0.3) is 0 Å². The smallest absolute Gasteiger partial charge is 0.331 e. The van der Waals surface area contributed by atoms with E-state index in [0.717, 1.165) is 56.5 Å². The van der Waals surface area contributed by atoms with Gasteiger partial charge in [0.05, 0.1) is 19.3 Å². The molecular formula is C28H47Cl2N6O3+. The molecular weight excluding hydrogens is 539 g/mol. The fourth-order valence-electron chi connectivity index (χ4n) is 7.52. The Balaban J connectivity index is 0.00000210. The first-order valence-corrected chi connectivity index (χ1v) is 14.3. The highest BCUT2D eigenvalue weighted by Gasteiger charge is 2.76. The van der Waals surface area contributed by atoms with Crippen LogP contribution in [0, 0.1) is 18.8 Å². The zero-order valence-electron chi connectivity index (χ0n) is 23.2. The molecule has 5 atom stereocenters. The van der Waals surface area contributed by atoms with Crippen molar-refractivity contribution in [2.45, 2.75) is 88.9 Å². The first-order valence-electron chi connectivity index (χ1n) is 14.3. The number of piperidine rings is 1. The number of aryl methyl sites for hydroxylation is 1. The highest BCUT2D eigenvalue weighted by molar-refractivity contribution is 5.91. The minimum atomic E-state index is -0.821. The van der Waals surface area contributed by atoms with Gasteiger partial charge in [0.2, 0.25) is 0 Å². The minimum Gasteiger partial charge on any atom is -0.384 e. The van der Waals surface area contributed by atoms with E-state index in [4.69, 9.17) is 16.2 Å². The van der Waals surface area contributed by atoms with E-state index >= 15 is 0 Å². The van der Waals surface area contributed by atoms with Crippen LogP contribution >= 0.6 is 24.8 Å². The van der Waals surface area contributed by atoms with E-state index in [0.29, 0.717) is 44.4 Å². The molecule has 3 heterocycles. The number of carbonyl (C=O) groups excluding carboxylic acids is 2. The molecule has 2 saturated heterocycles. The maximum atomic E-state index is 14.9. The summed E-state index contributed by atoms with van der Waals surface area (Å²) in [6, 6.07) is 3.42. The summed E-state index contributed by atoms with van der Waals surface area (Å²) in [5.41, 5.74) is 13.1. The molecule has 1 aromatic heterocycles.